The van der Waals surface area contributed by atoms with Crippen LogP contribution in [0.15, 0.2) is 11.6 Å². The van der Waals surface area contributed by atoms with Crippen molar-refractivity contribution >= 4 is 12.1 Å². The van der Waals surface area contributed by atoms with Crippen LogP contribution in [0, 0.1) is 34.5 Å². The molecule has 2 N–H and O–H groups in total. The van der Waals surface area contributed by atoms with Crippen molar-refractivity contribution in [3.63, 3.8) is 0 Å². The van der Waals surface area contributed by atoms with Crippen molar-refractivity contribution in [1.29, 1.82) is 0 Å². The zero-order valence-corrected chi connectivity index (χ0v) is 22.7. The molecule has 37 heavy (non-hydrogen) atoms. The third-order valence-electron chi connectivity index (χ3n) is 12.1. The van der Waals surface area contributed by atoms with E-state index in [1.807, 2.05) is 4.90 Å². The molecular weight excluding hydrogens is 472 g/mol. The molecule has 6 rings (SSSR count). The monoisotopic (exact) mass is 516 g/mol. The molecular formula is C29H44N2O6. The fraction of sp³-hybridized carbons (Fsp3) is 0.862. The van der Waals surface area contributed by atoms with E-state index in [9.17, 15) is 19.8 Å². The Morgan fingerprint density at radius 1 is 1.05 bits per heavy atom. The predicted octanol–water partition coefficient (Wildman–Crippen LogP) is 2.97. The van der Waals surface area contributed by atoms with Crippen LogP contribution in [-0.4, -0.2) is 89.7 Å². The van der Waals surface area contributed by atoms with Crippen LogP contribution < -0.4 is 0 Å². The largest absolute Gasteiger partial charge is 0.458 e. The number of ether oxygens (including phenoxy) is 2. The van der Waals surface area contributed by atoms with E-state index in [0.717, 1.165) is 70.3 Å². The van der Waals surface area contributed by atoms with Crippen LogP contribution in [0.2, 0.25) is 0 Å². The fourth-order valence-electron chi connectivity index (χ4n) is 9.66. The van der Waals surface area contributed by atoms with Gasteiger partial charge in [-0.2, -0.15) is 0 Å². The summed E-state index contributed by atoms with van der Waals surface area (Å²) in [6.45, 7) is 7.91. The van der Waals surface area contributed by atoms with Gasteiger partial charge >= 0.3 is 12.1 Å². The number of hydrogen-bond donors (Lipinski definition) is 2. The van der Waals surface area contributed by atoms with Gasteiger partial charge in [-0.25, -0.2) is 9.59 Å². The van der Waals surface area contributed by atoms with Gasteiger partial charge in [0.15, 0.2) is 0 Å². The molecule has 9 atom stereocenters. The minimum absolute atomic E-state index is 0.0154. The standard InChI is InChI=1S/C29H44N2O6/c1-27-8-6-20(37-26(34)31-12-10-30(3)11-13-31)15-19(27)4-5-22-23(27)16-24(32)28(2)21(7-9-29(22,28)35)18-14-25(33)36-17-18/h14,19-24,32,35H,4-13,15-17H2,1-3H3. The first-order valence-corrected chi connectivity index (χ1v) is 14.5. The predicted molar refractivity (Wildman–Crippen MR) is 136 cm³/mol. The molecule has 206 valence electrons. The van der Waals surface area contributed by atoms with Crippen LogP contribution in [0.5, 0.6) is 0 Å². The van der Waals surface area contributed by atoms with Gasteiger partial charge in [0.1, 0.15) is 12.7 Å². The van der Waals surface area contributed by atoms with Crippen LogP contribution in [0.1, 0.15) is 65.2 Å². The number of fused-ring (bicyclic) bond motifs is 5. The number of cyclic esters (lactones) is 1. The number of carbonyl (C=O) groups is 2. The lowest BCUT2D eigenvalue weighted by Crippen LogP contribution is -2.67. The number of carbonyl (C=O) groups excluding carboxylic acids is 2. The Kier molecular flexibility index (Phi) is 6.20. The van der Waals surface area contributed by atoms with Gasteiger partial charge in [0, 0.05) is 37.7 Å². The third-order valence-corrected chi connectivity index (χ3v) is 12.1. The highest BCUT2D eigenvalue weighted by Crippen LogP contribution is 2.70. The van der Waals surface area contributed by atoms with Gasteiger partial charge in [0.25, 0.3) is 0 Å². The number of likely N-dealkylation sites (N-methyl/N-ethyl adjacent to an activating group) is 1. The van der Waals surface area contributed by atoms with E-state index < -0.39 is 17.1 Å². The van der Waals surface area contributed by atoms with E-state index in [-0.39, 0.29) is 47.9 Å². The first-order chi connectivity index (χ1) is 17.6. The summed E-state index contributed by atoms with van der Waals surface area (Å²) in [5.41, 5.74) is -0.678. The Hall–Kier alpha value is -1.64. The Balaban J connectivity index is 1.17. The summed E-state index contributed by atoms with van der Waals surface area (Å²) < 4.78 is 11.2. The summed E-state index contributed by atoms with van der Waals surface area (Å²) in [6.07, 6.45) is 7.47. The smallest absolute Gasteiger partial charge is 0.410 e. The molecule has 4 saturated carbocycles. The maximum atomic E-state index is 12.8. The van der Waals surface area contributed by atoms with Crippen molar-refractivity contribution in [2.45, 2.75) is 83.0 Å². The Morgan fingerprint density at radius 3 is 2.51 bits per heavy atom. The molecule has 4 aliphatic carbocycles. The molecule has 0 aromatic carbocycles. The van der Waals surface area contributed by atoms with E-state index in [2.05, 4.69) is 25.8 Å². The number of hydrogen-bond acceptors (Lipinski definition) is 7. The third kappa shape index (κ3) is 3.80. The molecule has 0 aromatic rings. The molecule has 5 fully saturated rings. The second-order valence-electron chi connectivity index (χ2n) is 13.4. The van der Waals surface area contributed by atoms with E-state index in [0.29, 0.717) is 18.8 Å². The lowest BCUT2D eigenvalue weighted by molar-refractivity contribution is -0.245. The van der Waals surface area contributed by atoms with Gasteiger partial charge in [0.2, 0.25) is 0 Å². The molecule has 8 nitrogen and oxygen atoms in total. The van der Waals surface area contributed by atoms with Crippen LogP contribution in [-0.2, 0) is 14.3 Å². The van der Waals surface area contributed by atoms with Gasteiger partial charge in [-0.3, -0.25) is 0 Å². The lowest BCUT2D eigenvalue weighted by Gasteiger charge is -2.65. The number of aliphatic hydroxyl groups excluding tert-OH is 1. The normalized spacial score (nSPS) is 48.0. The van der Waals surface area contributed by atoms with E-state index >= 15 is 0 Å². The van der Waals surface area contributed by atoms with E-state index in [1.54, 1.807) is 6.08 Å². The second-order valence-corrected chi connectivity index (χ2v) is 13.4. The SMILES string of the molecule is CN1CCN(C(=O)OC2CCC3(C)C(CCC4C3CC(O)C3(C)C(C5=CC(=O)OC5)CCC43O)C2)CC1. The van der Waals surface area contributed by atoms with E-state index in [1.165, 1.54) is 0 Å². The van der Waals surface area contributed by atoms with Crippen molar-refractivity contribution < 1.29 is 29.3 Å². The molecule has 0 aromatic heterocycles. The summed E-state index contributed by atoms with van der Waals surface area (Å²) >= 11 is 0. The number of aliphatic hydroxyl groups is 2. The number of piperazine rings is 1. The Bertz CT molecular complexity index is 977. The molecule has 0 bridgehead atoms. The average Bonchev–Trinajstić information content (AvgIpc) is 3.41. The first kappa shape index (κ1) is 25.6. The Labute approximate surface area is 220 Å². The summed E-state index contributed by atoms with van der Waals surface area (Å²) in [4.78, 5) is 28.7. The fourth-order valence-corrected chi connectivity index (χ4v) is 9.66. The van der Waals surface area contributed by atoms with Crippen LogP contribution in [0.25, 0.3) is 0 Å². The van der Waals surface area contributed by atoms with Gasteiger partial charge in [0.05, 0.1) is 11.7 Å². The minimum atomic E-state index is -0.953. The molecule has 0 radical (unpaired) electrons. The number of nitrogens with zero attached hydrogens (tertiary/aromatic N) is 2. The van der Waals surface area contributed by atoms with Gasteiger partial charge < -0.3 is 29.5 Å². The van der Waals surface area contributed by atoms with Crippen LogP contribution >= 0.6 is 0 Å². The molecule has 0 spiro atoms. The van der Waals surface area contributed by atoms with Crippen LogP contribution in [0.4, 0.5) is 4.79 Å². The average molecular weight is 517 g/mol. The maximum Gasteiger partial charge on any atom is 0.410 e. The van der Waals surface area contributed by atoms with E-state index in [4.69, 9.17) is 9.47 Å². The summed E-state index contributed by atoms with van der Waals surface area (Å²) in [5, 5.41) is 24.1. The van der Waals surface area contributed by atoms with Crippen LogP contribution in [0.3, 0.4) is 0 Å². The van der Waals surface area contributed by atoms with Gasteiger partial charge in [-0.05, 0) is 93.1 Å². The molecule has 2 heterocycles. The zero-order chi connectivity index (χ0) is 26.2. The highest BCUT2D eigenvalue weighted by Gasteiger charge is 2.70. The Morgan fingerprint density at radius 2 is 1.81 bits per heavy atom. The molecule has 1 amide bonds. The number of amides is 1. The van der Waals surface area contributed by atoms with Crippen molar-refractivity contribution in [3.8, 4) is 0 Å². The van der Waals surface area contributed by atoms with Crippen molar-refractivity contribution in [1.82, 2.24) is 9.80 Å². The zero-order valence-electron chi connectivity index (χ0n) is 22.7. The number of rotatable bonds is 2. The molecule has 9 unspecified atom stereocenters. The maximum absolute atomic E-state index is 12.8. The topological polar surface area (TPSA) is 99.5 Å². The summed E-state index contributed by atoms with van der Waals surface area (Å²) in [5.74, 6) is 0.456. The molecule has 2 aliphatic heterocycles. The molecule has 1 saturated heterocycles. The lowest BCUT2D eigenvalue weighted by atomic mass is 9.42. The van der Waals surface area contributed by atoms with Gasteiger partial charge in [-0.1, -0.05) is 13.8 Å². The molecule has 6 aliphatic rings. The highest BCUT2D eigenvalue weighted by atomic mass is 16.6. The highest BCUT2D eigenvalue weighted by molar-refractivity contribution is 5.85. The second kappa shape index (κ2) is 8.95. The van der Waals surface area contributed by atoms with Crippen molar-refractivity contribution in [2.75, 3.05) is 39.8 Å². The first-order valence-electron chi connectivity index (χ1n) is 14.5. The van der Waals surface area contributed by atoms with Crippen molar-refractivity contribution in [2.24, 2.45) is 34.5 Å². The molecule has 8 heteroatoms. The van der Waals surface area contributed by atoms with Gasteiger partial charge in [-0.15, -0.1) is 0 Å². The summed E-state index contributed by atoms with van der Waals surface area (Å²) in [7, 11) is 2.08. The van der Waals surface area contributed by atoms with Crippen molar-refractivity contribution in [3.05, 3.63) is 11.6 Å². The minimum Gasteiger partial charge on any atom is -0.458 e. The quantitative estimate of drug-likeness (QED) is 0.545. The number of esters is 1. The summed E-state index contributed by atoms with van der Waals surface area (Å²) in [6, 6.07) is 0.